The monoisotopic (exact) mass is 426 g/mol. The molecule has 2 N–H and O–H groups in total. The molecule has 0 aliphatic heterocycles. The maximum atomic E-state index is 12.3. The van der Waals surface area contributed by atoms with Crippen LogP contribution in [-0.4, -0.2) is 29.7 Å². The Kier molecular flexibility index (Phi) is 7.81. The van der Waals surface area contributed by atoms with E-state index in [1.165, 1.54) is 0 Å². The number of benzene rings is 1. The summed E-state index contributed by atoms with van der Waals surface area (Å²) >= 11 is 5.01. The molecule has 2 unspecified atom stereocenters. The molecule has 1 aliphatic rings. The molecule has 2 atom stereocenters. The van der Waals surface area contributed by atoms with Crippen molar-refractivity contribution in [2.45, 2.75) is 63.4 Å². The number of carbonyl (C=O) groups excluding carboxylic acids is 2. The average Bonchev–Trinajstić information content (AvgIpc) is 2.53. The minimum Gasteiger partial charge on any atom is -0.354 e. The van der Waals surface area contributed by atoms with E-state index < -0.39 is 0 Å². The Labute approximate surface area is 163 Å². The number of nitrogens with one attached hydrogen (secondary N) is 2. The van der Waals surface area contributed by atoms with Crippen LogP contribution in [0.3, 0.4) is 0 Å². The number of rotatable bonds is 6. The molecule has 1 fully saturated rings. The predicted octanol–water partition coefficient (Wildman–Crippen LogP) is 4.05. The summed E-state index contributed by atoms with van der Waals surface area (Å²) in [6, 6.07) is 6.35. The third-order valence-electron chi connectivity index (χ3n) is 4.34. The molecule has 0 bridgehead atoms. The lowest BCUT2D eigenvalue weighted by Crippen LogP contribution is -2.44. The van der Waals surface area contributed by atoms with Crippen LogP contribution in [0.4, 0.5) is 0 Å². The minimum absolute atomic E-state index is 0.0165. The van der Waals surface area contributed by atoms with Gasteiger partial charge in [0.1, 0.15) is 0 Å². The Morgan fingerprint density at radius 1 is 1.32 bits per heavy atom. The summed E-state index contributed by atoms with van der Waals surface area (Å²) in [4.78, 5) is 25.6. The number of thioether (sulfide) groups is 1. The van der Waals surface area contributed by atoms with Gasteiger partial charge in [0.15, 0.2) is 0 Å². The van der Waals surface area contributed by atoms with Crippen molar-refractivity contribution in [3.8, 4) is 0 Å². The molecular formula is C19H27BrN2O2S. The SMILES string of the molecule is Cc1cc(Br)ccc1SCC(=O)NC1CCCC(C(=O)NC(C)C)C1. The van der Waals surface area contributed by atoms with Crippen molar-refractivity contribution in [3.05, 3.63) is 28.2 Å². The summed E-state index contributed by atoms with van der Waals surface area (Å²) in [5, 5.41) is 6.09. The summed E-state index contributed by atoms with van der Waals surface area (Å²) in [7, 11) is 0. The maximum Gasteiger partial charge on any atom is 0.230 e. The van der Waals surface area contributed by atoms with Gasteiger partial charge in [0.05, 0.1) is 5.75 Å². The van der Waals surface area contributed by atoms with Crippen molar-refractivity contribution in [2.24, 2.45) is 5.92 Å². The molecule has 0 radical (unpaired) electrons. The van der Waals surface area contributed by atoms with Crippen molar-refractivity contribution in [1.82, 2.24) is 10.6 Å². The second-order valence-corrected chi connectivity index (χ2v) is 8.92. The van der Waals surface area contributed by atoms with Crippen LogP contribution in [-0.2, 0) is 9.59 Å². The van der Waals surface area contributed by atoms with E-state index >= 15 is 0 Å². The first-order chi connectivity index (χ1) is 11.8. The summed E-state index contributed by atoms with van der Waals surface area (Å²) in [5.41, 5.74) is 1.16. The highest BCUT2D eigenvalue weighted by molar-refractivity contribution is 9.10. The average molecular weight is 427 g/mol. The largest absolute Gasteiger partial charge is 0.354 e. The summed E-state index contributed by atoms with van der Waals surface area (Å²) in [6.07, 6.45) is 3.60. The third kappa shape index (κ3) is 6.66. The molecule has 2 rings (SSSR count). The van der Waals surface area contributed by atoms with Gasteiger partial charge in [0.2, 0.25) is 11.8 Å². The quantitative estimate of drug-likeness (QED) is 0.674. The summed E-state index contributed by atoms with van der Waals surface area (Å²) < 4.78 is 1.05. The molecule has 138 valence electrons. The highest BCUT2D eigenvalue weighted by atomic mass is 79.9. The maximum absolute atomic E-state index is 12.3. The molecule has 4 nitrogen and oxygen atoms in total. The molecule has 1 saturated carbocycles. The Hall–Kier alpha value is -1.01. The molecular weight excluding hydrogens is 400 g/mol. The Morgan fingerprint density at radius 2 is 2.08 bits per heavy atom. The van der Waals surface area contributed by atoms with Gasteiger partial charge in [0.25, 0.3) is 0 Å². The molecule has 0 spiro atoms. The number of amides is 2. The van der Waals surface area contributed by atoms with Gasteiger partial charge in [-0.1, -0.05) is 22.4 Å². The van der Waals surface area contributed by atoms with Crippen molar-refractivity contribution in [3.63, 3.8) is 0 Å². The van der Waals surface area contributed by atoms with Crippen molar-refractivity contribution >= 4 is 39.5 Å². The third-order valence-corrected chi connectivity index (χ3v) is 6.01. The fourth-order valence-electron chi connectivity index (χ4n) is 3.15. The lowest BCUT2D eigenvalue weighted by atomic mass is 9.85. The molecule has 1 aromatic rings. The van der Waals surface area contributed by atoms with E-state index in [1.54, 1.807) is 11.8 Å². The van der Waals surface area contributed by atoms with Crippen molar-refractivity contribution < 1.29 is 9.59 Å². The Morgan fingerprint density at radius 3 is 2.76 bits per heavy atom. The molecule has 0 heterocycles. The summed E-state index contributed by atoms with van der Waals surface area (Å²) in [5.74, 6) is 0.584. The topological polar surface area (TPSA) is 58.2 Å². The van der Waals surface area contributed by atoms with Crippen LogP contribution in [0.1, 0.15) is 45.1 Å². The number of aryl methyl sites for hydroxylation is 1. The lowest BCUT2D eigenvalue weighted by molar-refractivity contribution is -0.127. The smallest absolute Gasteiger partial charge is 0.230 e. The zero-order valence-corrected chi connectivity index (χ0v) is 17.5. The fourth-order valence-corrected chi connectivity index (χ4v) is 4.45. The van der Waals surface area contributed by atoms with E-state index in [0.29, 0.717) is 5.75 Å². The van der Waals surface area contributed by atoms with Crippen LogP contribution in [0, 0.1) is 12.8 Å². The zero-order valence-electron chi connectivity index (χ0n) is 15.1. The van der Waals surface area contributed by atoms with Crippen LogP contribution >= 0.6 is 27.7 Å². The van der Waals surface area contributed by atoms with Gasteiger partial charge in [-0.25, -0.2) is 0 Å². The standard InChI is InChI=1S/C19H27BrN2O2S/c1-12(2)21-19(24)14-5-4-6-16(10-14)22-18(23)11-25-17-8-7-15(20)9-13(17)3/h7-9,12,14,16H,4-6,10-11H2,1-3H3,(H,21,24)(H,22,23). The zero-order chi connectivity index (χ0) is 18.4. The van der Waals surface area contributed by atoms with Gasteiger partial charge < -0.3 is 10.6 Å². The second-order valence-electron chi connectivity index (χ2n) is 6.99. The fraction of sp³-hybridized carbons (Fsp3) is 0.579. The van der Waals surface area contributed by atoms with Crippen LogP contribution in [0.15, 0.2) is 27.6 Å². The van der Waals surface area contributed by atoms with Gasteiger partial charge in [0, 0.05) is 27.4 Å². The minimum atomic E-state index is 0.0165. The second kappa shape index (κ2) is 9.62. The Bertz CT molecular complexity index is 621. The molecule has 1 aliphatic carbocycles. The first kappa shape index (κ1) is 20.3. The van der Waals surface area contributed by atoms with Crippen LogP contribution in [0.25, 0.3) is 0 Å². The van der Waals surface area contributed by atoms with Crippen LogP contribution in [0.2, 0.25) is 0 Å². The van der Waals surface area contributed by atoms with E-state index in [-0.39, 0.29) is 29.8 Å². The molecule has 25 heavy (non-hydrogen) atoms. The first-order valence-electron chi connectivity index (χ1n) is 8.84. The van der Waals surface area contributed by atoms with E-state index in [4.69, 9.17) is 0 Å². The number of carbonyl (C=O) groups is 2. The lowest BCUT2D eigenvalue weighted by Gasteiger charge is -2.29. The number of hydrogen-bond acceptors (Lipinski definition) is 3. The van der Waals surface area contributed by atoms with Crippen molar-refractivity contribution in [1.29, 1.82) is 0 Å². The van der Waals surface area contributed by atoms with E-state index in [1.807, 2.05) is 32.9 Å². The van der Waals surface area contributed by atoms with Gasteiger partial charge in [-0.2, -0.15) is 0 Å². The van der Waals surface area contributed by atoms with E-state index in [2.05, 4.69) is 32.6 Å². The normalized spacial score (nSPS) is 20.4. The van der Waals surface area contributed by atoms with Crippen LogP contribution < -0.4 is 10.6 Å². The van der Waals surface area contributed by atoms with Gasteiger partial charge in [-0.15, -0.1) is 11.8 Å². The highest BCUT2D eigenvalue weighted by Crippen LogP contribution is 2.27. The summed E-state index contributed by atoms with van der Waals surface area (Å²) in [6.45, 7) is 5.99. The molecule has 0 aromatic heterocycles. The first-order valence-corrected chi connectivity index (χ1v) is 10.6. The predicted molar refractivity (Wildman–Crippen MR) is 107 cm³/mol. The molecule has 0 saturated heterocycles. The van der Waals surface area contributed by atoms with Crippen molar-refractivity contribution in [2.75, 3.05) is 5.75 Å². The Balaban J connectivity index is 1.80. The van der Waals surface area contributed by atoms with Gasteiger partial charge in [-0.05, 0) is 63.8 Å². The van der Waals surface area contributed by atoms with E-state index in [9.17, 15) is 9.59 Å². The molecule has 2 amide bonds. The van der Waals surface area contributed by atoms with Crippen LogP contribution in [0.5, 0.6) is 0 Å². The van der Waals surface area contributed by atoms with E-state index in [0.717, 1.165) is 40.6 Å². The number of hydrogen-bond donors (Lipinski definition) is 2. The highest BCUT2D eigenvalue weighted by Gasteiger charge is 2.28. The molecule has 1 aromatic carbocycles. The van der Waals surface area contributed by atoms with Gasteiger partial charge >= 0.3 is 0 Å². The molecule has 6 heteroatoms. The number of halogens is 1. The van der Waals surface area contributed by atoms with Gasteiger partial charge in [-0.3, -0.25) is 9.59 Å².